The van der Waals surface area contributed by atoms with Gasteiger partial charge in [-0.2, -0.15) is 0 Å². The van der Waals surface area contributed by atoms with E-state index in [0.717, 1.165) is 0 Å². The summed E-state index contributed by atoms with van der Waals surface area (Å²) in [6, 6.07) is 5.06. The summed E-state index contributed by atoms with van der Waals surface area (Å²) in [4.78, 5) is 35.4. The van der Waals surface area contributed by atoms with E-state index in [1.807, 2.05) is 0 Å². The zero-order valence-electron chi connectivity index (χ0n) is 9.91. The number of carboxylic acid groups (broad SMARTS) is 1. The van der Waals surface area contributed by atoms with Crippen LogP contribution < -0.4 is 5.73 Å². The lowest BCUT2D eigenvalue weighted by Crippen LogP contribution is -2.41. The van der Waals surface area contributed by atoms with Crippen LogP contribution in [0.3, 0.4) is 0 Å². The zero-order chi connectivity index (χ0) is 14.0. The lowest BCUT2D eigenvalue weighted by Gasteiger charge is -2.20. The molecule has 0 radical (unpaired) electrons. The quantitative estimate of drug-likeness (QED) is 0.834. The minimum atomic E-state index is -1.01. The van der Waals surface area contributed by atoms with Gasteiger partial charge in [-0.25, -0.2) is 4.79 Å². The van der Waals surface area contributed by atoms with Crippen molar-refractivity contribution in [3.63, 3.8) is 0 Å². The fourth-order valence-corrected chi connectivity index (χ4v) is 2.94. The summed E-state index contributed by atoms with van der Waals surface area (Å²) in [5.74, 6) is -1.19. The Balaban J connectivity index is 2.19. The molecule has 3 N–H and O–H groups in total. The minimum Gasteiger partial charge on any atom is -0.480 e. The van der Waals surface area contributed by atoms with E-state index in [1.54, 1.807) is 0 Å². The first kappa shape index (κ1) is 13.4. The normalized spacial score (nSPS) is 18.3. The third-order valence-electron chi connectivity index (χ3n) is 2.84. The number of carbonyl (C=O) groups excluding carboxylic acids is 2. The molecule has 0 aliphatic carbocycles. The van der Waals surface area contributed by atoms with E-state index in [4.69, 9.17) is 10.8 Å². The molecule has 1 heterocycles. The Kier molecular flexibility index (Phi) is 3.75. The number of carbonyl (C=O) groups is 3. The first-order valence-corrected chi connectivity index (χ1v) is 6.67. The van der Waals surface area contributed by atoms with Crippen LogP contribution in [0.15, 0.2) is 24.3 Å². The molecule has 0 aromatic heterocycles. The van der Waals surface area contributed by atoms with Crippen LogP contribution in [0.5, 0.6) is 0 Å². The van der Waals surface area contributed by atoms with Gasteiger partial charge in [0.1, 0.15) is 6.04 Å². The molecule has 1 fully saturated rings. The van der Waals surface area contributed by atoms with Crippen molar-refractivity contribution in [2.75, 3.05) is 11.6 Å². The van der Waals surface area contributed by atoms with Gasteiger partial charge < -0.3 is 15.7 Å². The van der Waals surface area contributed by atoms with Crippen molar-refractivity contribution in [3.8, 4) is 0 Å². The Labute approximate surface area is 113 Å². The van der Waals surface area contributed by atoms with Gasteiger partial charge >= 0.3 is 5.97 Å². The molecular formula is C12H12N2O4S. The van der Waals surface area contributed by atoms with Gasteiger partial charge in [0, 0.05) is 16.9 Å². The first-order chi connectivity index (χ1) is 9.00. The number of primary amides is 1. The molecular weight excluding hydrogens is 268 g/mol. The maximum Gasteiger partial charge on any atom is 0.327 e. The predicted molar refractivity (Wildman–Crippen MR) is 69.9 cm³/mol. The largest absolute Gasteiger partial charge is 0.480 e. The highest BCUT2D eigenvalue weighted by atomic mass is 32.2. The monoisotopic (exact) mass is 280 g/mol. The van der Waals surface area contributed by atoms with Crippen molar-refractivity contribution in [1.29, 1.82) is 0 Å². The molecule has 0 spiro atoms. The number of aliphatic carboxylic acids is 1. The van der Waals surface area contributed by atoms with Gasteiger partial charge in [0.15, 0.2) is 0 Å². The Bertz CT molecular complexity index is 529. The molecule has 7 heteroatoms. The topological polar surface area (TPSA) is 101 Å². The van der Waals surface area contributed by atoms with Crippen molar-refractivity contribution in [1.82, 2.24) is 4.90 Å². The Morgan fingerprint density at radius 1 is 1.21 bits per heavy atom. The summed E-state index contributed by atoms with van der Waals surface area (Å²) in [6.45, 7) is 0. The van der Waals surface area contributed by atoms with Crippen molar-refractivity contribution >= 4 is 29.5 Å². The Hall–Kier alpha value is -2.02. The van der Waals surface area contributed by atoms with E-state index >= 15 is 0 Å². The smallest absolute Gasteiger partial charge is 0.327 e. The highest BCUT2D eigenvalue weighted by Crippen LogP contribution is 2.23. The van der Waals surface area contributed by atoms with Crippen LogP contribution in [-0.4, -0.2) is 45.5 Å². The third kappa shape index (κ3) is 2.70. The Morgan fingerprint density at radius 3 is 2.32 bits per heavy atom. The van der Waals surface area contributed by atoms with Crippen LogP contribution in [0.1, 0.15) is 20.7 Å². The first-order valence-electron chi connectivity index (χ1n) is 5.52. The standard InChI is InChI=1S/C12H12N2O4S/c13-10(15)7-1-3-8(4-2-7)11(16)14-6-19-5-9(14)12(17)18/h1-4,9H,5-6H2,(H2,13,15)(H,17,18). The molecule has 1 unspecified atom stereocenters. The summed E-state index contributed by atoms with van der Waals surface area (Å²) in [5, 5.41) is 9.03. The highest BCUT2D eigenvalue weighted by Gasteiger charge is 2.34. The second-order valence-corrected chi connectivity index (χ2v) is 5.07. The maximum atomic E-state index is 12.2. The van der Waals surface area contributed by atoms with Gasteiger partial charge in [0.2, 0.25) is 5.91 Å². The number of nitrogens with two attached hydrogens (primary N) is 1. The zero-order valence-corrected chi connectivity index (χ0v) is 10.7. The molecule has 19 heavy (non-hydrogen) atoms. The molecule has 1 aromatic carbocycles. The predicted octanol–water partition coefficient (Wildman–Crippen LogP) is 0.385. The number of thioether (sulfide) groups is 1. The Morgan fingerprint density at radius 2 is 1.79 bits per heavy atom. The van der Waals surface area contributed by atoms with Gasteiger partial charge in [-0.15, -0.1) is 11.8 Å². The lowest BCUT2D eigenvalue weighted by atomic mass is 10.1. The van der Waals surface area contributed by atoms with E-state index in [0.29, 0.717) is 22.8 Å². The average Bonchev–Trinajstić information content (AvgIpc) is 2.87. The molecule has 6 nitrogen and oxygen atoms in total. The summed E-state index contributed by atoms with van der Waals surface area (Å²) in [7, 11) is 0. The van der Waals surface area contributed by atoms with Crippen LogP contribution in [0, 0.1) is 0 Å². The van der Waals surface area contributed by atoms with Crippen molar-refractivity contribution in [2.45, 2.75) is 6.04 Å². The maximum absolute atomic E-state index is 12.2. The number of benzene rings is 1. The van der Waals surface area contributed by atoms with E-state index in [2.05, 4.69) is 0 Å². The minimum absolute atomic E-state index is 0.308. The molecule has 100 valence electrons. The molecule has 2 rings (SSSR count). The fraction of sp³-hybridized carbons (Fsp3) is 0.250. The van der Waals surface area contributed by atoms with Crippen LogP contribution in [0.25, 0.3) is 0 Å². The van der Waals surface area contributed by atoms with Crippen LogP contribution in [0.2, 0.25) is 0 Å². The summed E-state index contributed by atoms with van der Waals surface area (Å²) in [5.41, 5.74) is 5.76. The summed E-state index contributed by atoms with van der Waals surface area (Å²) < 4.78 is 0. The van der Waals surface area contributed by atoms with E-state index in [1.165, 1.54) is 40.9 Å². The van der Waals surface area contributed by atoms with Gasteiger partial charge in [0.25, 0.3) is 5.91 Å². The van der Waals surface area contributed by atoms with Crippen LogP contribution in [0.4, 0.5) is 0 Å². The molecule has 1 saturated heterocycles. The highest BCUT2D eigenvalue weighted by molar-refractivity contribution is 7.99. The van der Waals surface area contributed by atoms with E-state index in [-0.39, 0.29) is 5.91 Å². The van der Waals surface area contributed by atoms with Gasteiger partial charge in [-0.1, -0.05) is 0 Å². The number of hydrogen-bond donors (Lipinski definition) is 2. The molecule has 2 amide bonds. The number of amides is 2. The number of rotatable bonds is 3. The third-order valence-corrected chi connectivity index (χ3v) is 3.86. The van der Waals surface area contributed by atoms with Gasteiger partial charge in [0.05, 0.1) is 5.88 Å². The number of carboxylic acids is 1. The molecule has 0 saturated carbocycles. The fourth-order valence-electron chi connectivity index (χ4n) is 1.79. The average molecular weight is 280 g/mol. The second kappa shape index (κ2) is 5.31. The molecule has 1 aromatic rings. The molecule has 1 aliphatic rings. The summed E-state index contributed by atoms with van der Waals surface area (Å²) >= 11 is 1.40. The lowest BCUT2D eigenvalue weighted by molar-refractivity contribution is -0.140. The number of nitrogens with zero attached hydrogens (tertiary/aromatic N) is 1. The van der Waals surface area contributed by atoms with Crippen LogP contribution >= 0.6 is 11.8 Å². The van der Waals surface area contributed by atoms with Gasteiger partial charge in [-0.3, -0.25) is 9.59 Å². The van der Waals surface area contributed by atoms with Gasteiger partial charge in [-0.05, 0) is 24.3 Å². The second-order valence-electron chi connectivity index (χ2n) is 4.07. The van der Waals surface area contributed by atoms with Crippen molar-refractivity contribution in [2.24, 2.45) is 5.73 Å². The summed E-state index contributed by atoms with van der Waals surface area (Å²) in [6.07, 6.45) is 0. The number of hydrogen-bond acceptors (Lipinski definition) is 4. The molecule has 1 aliphatic heterocycles. The van der Waals surface area contributed by atoms with E-state index < -0.39 is 17.9 Å². The van der Waals surface area contributed by atoms with Crippen molar-refractivity contribution < 1.29 is 19.5 Å². The SMILES string of the molecule is NC(=O)c1ccc(C(=O)N2CSCC2C(=O)O)cc1. The molecule has 0 bridgehead atoms. The van der Waals surface area contributed by atoms with Crippen molar-refractivity contribution in [3.05, 3.63) is 35.4 Å². The van der Waals surface area contributed by atoms with Crippen LogP contribution in [-0.2, 0) is 4.79 Å². The van der Waals surface area contributed by atoms with E-state index in [9.17, 15) is 14.4 Å². The molecule has 1 atom stereocenters.